The highest BCUT2D eigenvalue weighted by Gasteiger charge is 2.30. The number of hydrogen-bond donors (Lipinski definition) is 1. The van der Waals surface area contributed by atoms with E-state index in [9.17, 15) is 13.2 Å². The summed E-state index contributed by atoms with van der Waals surface area (Å²) in [7, 11) is -3.67. The Bertz CT molecular complexity index is 1120. The minimum atomic E-state index is -3.67. The van der Waals surface area contributed by atoms with Crippen LogP contribution in [0.5, 0.6) is 0 Å². The van der Waals surface area contributed by atoms with Crippen molar-refractivity contribution in [3.05, 3.63) is 63.6 Å². The largest absolute Gasteiger partial charge is 0.417 e. The van der Waals surface area contributed by atoms with Crippen molar-refractivity contribution in [2.24, 2.45) is 0 Å². The second kappa shape index (κ2) is 7.14. The number of hydrogen-bond acceptors (Lipinski definition) is 4. The number of nitrogens with one attached hydrogen (secondary N) is 1. The summed E-state index contributed by atoms with van der Waals surface area (Å²) in [6, 6.07) is 12.0. The van der Waals surface area contributed by atoms with Crippen LogP contribution in [-0.4, -0.2) is 30.8 Å². The Kier molecular flexibility index (Phi) is 4.84. The first-order valence-corrected chi connectivity index (χ1v) is 10.6. The molecule has 0 saturated carbocycles. The lowest BCUT2D eigenvalue weighted by Gasteiger charge is -2.24. The van der Waals surface area contributed by atoms with E-state index in [1.54, 1.807) is 4.31 Å². The third-order valence-electron chi connectivity index (χ3n) is 5.00. The molecule has 0 amide bonds. The Morgan fingerprint density at radius 3 is 2.67 bits per heavy atom. The van der Waals surface area contributed by atoms with Crippen LogP contribution in [0.15, 0.2) is 56.6 Å². The molecule has 8 heteroatoms. The third-order valence-corrected chi connectivity index (χ3v) is 7.12. The van der Waals surface area contributed by atoms with Gasteiger partial charge in [-0.1, -0.05) is 30.2 Å². The molecule has 1 fully saturated rings. The minimum absolute atomic E-state index is 0.122. The molecule has 1 aromatic heterocycles. The monoisotopic (exact) mass is 406 g/mol. The Labute approximate surface area is 161 Å². The lowest BCUT2D eigenvalue weighted by molar-refractivity contribution is 0.406. The topological polar surface area (TPSA) is 83.4 Å². The van der Waals surface area contributed by atoms with Crippen molar-refractivity contribution in [2.75, 3.05) is 13.1 Å². The lowest BCUT2D eigenvalue weighted by atomic mass is 9.95. The molecule has 0 bridgehead atoms. The van der Waals surface area contributed by atoms with Crippen molar-refractivity contribution in [1.29, 1.82) is 0 Å². The highest BCUT2D eigenvalue weighted by atomic mass is 35.5. The van der Waals surface area contributed by atoms with Gasteiger partial charge in [-0.2, -0.15) is 4.31 Å². The van der Waals surface area contributed by atoms with Gasteiger partial charge in [-0.05, 0) is 54.7 Å². The van der Waals surface area contributed by atoms with E-state index in [2.05, 4.69) is 4.98 Å². The molecule has 1 unspecified atom stereocenters. The summed E-state index contributed by atoms with van der Waals surface area (Å²) in [5.41, 5.74) is 1.81. The van der Waals surface area contributed by atoms with Gasteiger partial charge in [-0.25, -0.2) is 13.2 Å². The molecule has 27 heavy (non-hydrogen) atoms. The number of fused-ring (bicyclic) bond motifs is 1. The van der Waals surface area contributed by atoms with Crippen molar-refractivity contribution >= 4 is 32.7 Å². The smallest absolute Gasteiger partial charge is 0.408 e. The van der Waals surface area contributed by atoms with Crippen molar-refractivity contribution in [1.82, 2.24) is 9.29 Å². The molecule has 1 aliphatic heterocycles. The van der Waals surface area contributed by atoms with E-state index in [0.29, 0.717) is 29.2 Å². The van der Waals surface area contributed by atoms with E-state index in [1.165, 1.54) is 18.2 Å². The fraction of sp³-hybridized carbons (Fsp3) is 0.316. The summed E-state index contributed by atoms with van der Waals surface area (Å²) in [5, 5.41) is 0.666. The zero-order valence-electron chi connectivity index (χ0n) is 14.5. The summed E-state index contributed by atoms with van der Waals surface area (Å²) in [6.45, 7) is 0.899. The van der Waals surface area contributed by atoms with E-state index < -0.39 is 15.8 Å². The number of nitrogens with zero attached hydrogens (tertiary/aromatic N) is 1. The van der Waals surface area contributed by atoms with Crippen LogP contribution in [-0.2, 0) is 10.0 Å². The van der Waals surface area contributed by atoms with Crippen LogP contribution in [0.4, 0.5) is 0 Å². The van der Waals surface area contributed by atoms with Crippen LogP contribution in [0, 0.1) is 0 Å². The highest BCUT2D eigenvalue weighted by Crippen LogP contribution is 2.30. The van der Waals surface area contributed by atoms with E-state index >= 15 is 0 Å². The quantitative estimate of drug-likeness (QED) is 0.718. The Hall–Kier alpha value is -2.09. The zero-order chi connectivity index (χ0) is 19.0. The van der Waals surface area contributed by atoms with Gasteiger partial charge in [-0.15, -0.1) is 0 Å². The van der Waals surface area contributed by atoms with Crippen molar-refractivity contribution in [3.63, 3.8) is 0 Å². The Morgan fingerprint density at radius 2 is 1.89 bits per heavy atom. The summed E-state index contributed by atoms with van der Waals surface area (Å²) in [5.74, 6) is -0.478. The normalized spacial score (nSPS) is 19.2. The van der Waals surface area contributed by atoms with Crippen LogP contribution in [0.2, 0.25) is 5.02 Å². The molecule has 142 valence electrons. The molecule has 2 heterocycles. The molecular formula is C19H19ClN2O4S. The van der Waals surface area contributed by atoms with Gasteiger partial charge in [0.05, 0.1) is 10.4 Å². The number of H-pyrrole nitrogens is 1. The standard InChI is InChI=1S/C19H19ClN2O4S/c20-15-6-4-13(5-7-15)14-3-1-2-10-22(12-14)27(24,25)16-8-9-18-17(11-16)21-19(23)26-18/h4-9,11,14H,1-3,10,12H2,(H,21,23). The number of halogens is 1. The first-order valence-electron chi connectivity index (χ1n) is 8.82. The molecule has 0 radical (unpaired) electrons. The van der Waals surface area contributed by atoms with Gasteiger partial charge in [0.1, 0.15) is 0 Å². The van der Waals surface area contributed by atoms with Crippen LogP contribution < -0.4 is 5.76 Å². The molecule has 1 aliphatic rings. The van der Waals surface area contributed by atoms with Crippen LogP contribution >= 0.6 is 11.6 Å². The zero-order valence-corrected chi connectivity index (χ0v) is 16.1. The van der Waals surface area contributed by atoms with Crippen LogP contribution in [0.1, 0.15) is 30.7 Å². The summed E-state index contributed by atoms with van der Waals surface area (Å²) in [6.07, 6.45) is 2.71. The molecule has 4 rings (SSSR count). The predicted octanol–water partition coefficient (Wildman–Crippen LogP) is 3.73. The summed E-state index contributed by atoms with van der Waals surface area (Å²) in [4.78, 5) is 14.0. The SMILES string of the molecule is O=c1[nH]c2cc(S(=O)(=O)N3CCCCC(c4ccc(Cl)cc4)C3)ccc2o1. The molecule has 3 aromatic rings. The van der Waals surface area contributed by atoms with Gasteiger partial charge in [0.15, 0.2) is 5.58 Å². The number of rotatable bonds is 3. The first kappa shape index (κ1) is 18.3. The first-order chi connectivity index (χ1) is 12.9. The van der Waals surface area contributed by atoms with E-state index in [1.807, 2.05) is 24.3 Å². The second-order valence-electron chi connectivity index (χ2n) is 6.78. The highest BCUT2D eigenvalue weighted by molar-refractivity contribution is 7.89. The molecule has 0 spiro atoms. The Morgan fingerprint density at radius 1 is 1.11 bits per heavy atom. The van der Waals surface area contributed by atoms with Gasteiger partial charge < -0.3 is 4.42 Å². The Balaban J connectivity index is 1.66. The average molecular weight is 407 g/mol. The molecule has 0 aliphatic carbocycles. The number of aromatic nitrogens is 1. The molecular weight excluding hydrogens is 388 g/mol. The van der Waals surface area contributed by atoms with Gasteiger partial charge in [0.25, 0.3) is 0 Å². The minimum Gasteiger partial charge on any atom is -0.408 e. The van der Waals surface area contributed by atoms with Crippen molar-refractivity contribution in [3.8, 4) is 0 Å². The van der Waals surface area contributed by atoms with Crippen molar-refractivity contribution in [2.45, 2.75) is 30.1 Å². The number of aromatic amines is 1. The van der Waals surface area contributed by atoms with Crippen LogP contribution in [0.25, 0.3) is 11.1 Å². The van der Waals surface area contributed by atoms with E-state index in [0.717, 1.165) is 24.8 Å². The average Bonchev–Trinajstić information content (AvgIpc) is 2.85. The van der Waals surface area contributed by atoms with Gasteiger partial charge in [0, 0.05) is 18.1 Å². The molecule has 1 saturated heterocycles. The van der Waals surface area contributed by atoms with E-state index in [-0.39, 0.29) is 10.8 Å². The fourth-order valence-electron chi connectivity index (χ4n) is 3.57. The number of sulfonamides is 1. The molecule has 1 atom stereocenters. The maximum atomic E-state index is 13.2. The van der Waals surface area contributed by atoms with Gasteiger partial charge in [-0.3, -0.25) is 4.98 Å². The maximum Gasteiger partial charge on any atom is 0.417 e. The van der Waals surface area contributed by atoms with Gasteiger partial charge in [0.2, 0.25) is 10.0 Å². The van der Waals surface area contributed by atoms with Gasteiger partial charge >= 0.3 is 5.76 Å². The van der Waals surface area contributed by atoms with Crippen molar-refractivity contribution < 1.29 is 12.8 Å². The predicted molar refractivity (Wildman–Crippen MR) is 104 cm³/mol. The number of oxazole rings is 1. The van der Waals surface area contributed by atoms with Crippen LogP contribution in [0.3, 0.4) is 0 Å². The molecule has 2 aromatic carbocycles. The maximum absolute atomic E-state index is 13.2. The second-order valence-corrected chi connectivity index (χ2v) is 9.15. The summed E-state index contributed by atoms with van der Waals surface area (Å²) >= 11 is 5.97. The fourth-order valence-corrected chi connectivity index (χ4v) is 5.25. The summed E-state index contributed by atoms with van der Waals surface area (Å²) < 4.78 is 32.9. The third kappa shape index (κ3) is 3.67. The molecule has 1 N–H and O–H groups in total. The van der Waals surface area contributed by atoms with E-state index in [4.69, 9.17) is 16.0 Å². The number of benzene rings is 2. The lowest BCUT2D eigenvalue weighted by Crippen LogP contribution is -2.34. The molecule has 6 nitrogen and oxygen atoms in total.